The van der Waals surface area contributed by atoms with Crippen LogP contribution >= 0.6 is 11.3 Å². The number of hydrogen-bond donors (Lipinski definition) is 2. The molecule has 0 aliphatic heterocycles. The minimum absolute atomic E-state index is 0.218. The molecule has 0 saturated heterocycles. The zero-order valence-electron chi connectivity index (χ0n) is 7.24. The van der Waals surface area contributed by atoms with Gasteiger partial charge < -0.3 is 15.8 Å². The SMILES string of the molecule is COCCNC(=O)c1csc(N)n1. The summed E-state index contributed by atoms with van der Waals surface area (Å²) in [5, 5.41) is 4.66. The Labute approximate surface area is 79.9 Å². The fraction of sp³-hybridized carbons (Fsp3) is 0.429. The molecule has 0 saturated carbocycles. The summed E-state index contributed by atoms with van der Waals surface area (Å²) >= 11 is 1.25. The van der Waals surface area contributed by atoms with Crippen LogP contribution in [0, 0.1) is 0 Å². The van der Waals surface area contributed by atoms with Gasteiger partial charge in [-0.3, -0.25) is 4.79 Å². The zero-order valence-corrected chi connectivity index (χ0v) is 8.06. The van der Waals surface area contributed by atoms with E-state index in [9.17, 15) is 4.79 Å². The maximum Gasteiger partial charge on any atom is 0.270 e. The van der Waals surface area contributed by atoms with Crippen molar-refractivity contribution in [3.63, 3.8) is 0 Å². The number of nitrogens with zero attached hydrogens (tertiary/aromatic N) is 1. The van der Waals surface area contributed by atoms with E-state index < -0.39 is 0 Å². The summed E-state index contributed by atoms with van der Waals surface area (Å²) < 4.78 is 4.78. The highest BCUT2D eigenvalue weighted by Crippen LogP contribution is 2.10. The first-order chi connectivity index (χ1) is 6.24. The highest BCUT2D eigenvalue weighted by atomic mass is 32.1. The lowest BCUT2D eigenvalue weighted by molar-refractivity contribution is 0.0933. The van der Waals surface area contributed by atoms with Gasteiger partial charge in [0.1, 0.15) is 5.69 Å². The molecule has 1 heterocycles. The van der Waals surface area contributed by atoms with Crippen LogP contribution in [0.25, 0.3) is 0 Å². The van der Waals surface area contributed by atoms with Crippen LogP contribution in [-0.2, 0) is 4.74 Å². The Balaban J connectivity index is 2.40. The Kier molecular flexibility index (Phi) is 3.66. The average molecular weight is 201 g/mol. The maximum atomic E-state index is 11.3. The number of nitrogens with two attached hydrogens (primary N) is 1. The van der Waals surface area contributed by atoms with Gasteiger partial charge in [-0.05, 0) is 0 Å². The number of methoxy groups -OCH3 is 1. The van der Waals surface area contributed by atoms with E-state index in [1.54, 1.807) is 12.5 Å². The van der Waals surface area contributed by atoms with E-state index in [-0.39, 0.29) is 5.91 Å². The third-order valence-corrected chi connectivity index (χ3v) is 2.02. The normalized spacial score (nSPS) is 9.92. The molecule has 1 aromatic rings. The van der Waals surface area contributed by atoms with E-state index in [0.717, 1.165) is 0 Å². The third-order valence-electron chi connectivity index (χ3n) is 1.35. The number of carbonyl (C=O) groups excluding carboxylic acids is 1. The number of amides is 1. The van der Waals surface area contributed by atoms with Gasteiger partial charge in [-0.2, -0.15) is 0 Å². The highest BCUT2D eigenvalue weighted by Gasteiger charge is 2.07. The summed E-state index contributed by atoms with van der Waals surface area (Å²) in [7, 11) is 1.58. The van der Waals surface area contributed by atoms with Gasteiger partial charge in [-0.1, -0.05) is 0 Å². The van der Waals surface area contributed by atoms with Gasteiger partial charge in [0.25, 0.3) is 5.91 Å². The van der Waals surface area contributed by atoms with Crippen LogP contribution in [0.1, 0.15) is 10.5 Å². The first kappa shape index (κ1) is 9.94. The quantitative estimate of drug-likeness (QED) is 0.677. The molecule has 5 nitrogen and oxygen atoms in total. The lowest BCUT2D eigenvalue weighted by Gasteiger charge is -2.00. The Morgan fingerprint density at radius 1 is 1.85 bits per heavy atom. The number of anilines is 1. The van der Waals surface area contributed by atoms with Crippen molar-refractivity contribution >= 4 is 22.4 Å². The van der Waals surface area contributed by atoms with Crippen LogP contribution in [0.2, 0.25) is 0 Å². The Morgan fingerprint density at radius 3 is 3.15 bits per heavy atom. The van der Waals surface area contributed by atoms with Crippen molar-refractivity contribution in [1.29, 1.82) is 0 Å². The summed E-state index contributed by atoms with van der Waals surface area (Å²) in [6.45, 7) is 0.970. The van der Waals surface area contributed by atoms with E-state index in [4.69, 9.17) is 10.5 Å². The number of carbonyl (C=O) groups is 1. The molecule has 0 aliphatic carbocycles. The standard InChI is InChI=1S/C7H11N3O2S/c1-12-3-2-9-6(11)5-4-13-7(8)10-5/h4H,2-3H2,1H3,(H2,8,10)(H,9,11). The molecular weight excluding hydrogens is 190 g/mol. The van der Waals surface area contributed by atoms with Crippen molar-refractivity contribution in [2.45, 2.75) is 0 Å². The summed E-state index contributed by atoms with van der Waals surface area (Å²) in [6, 6.07) is 0. The van der Waals surface area contributed by atoms with Crippen molar-refractivity contribution in [3.05, 3.63) is 11.1 Å². The molecule has 0 atom stereocenters. The molecular formula is C7H11N3O2S. The van der Waals surface area contributed by atoms with Crippen LogP contribution in [0.5, 0.6) is 0 Å². The first-order valence-corrected chi connectivity index (χ1v) is 4.60. The van der Waals surface area contributed by atoms with Gasteiger partial charge in [0, 0.05) is 19.0 Å². The van der Waals surface area contributed by atoms with Crippen LogP contribution < -0.4 is 11.1 Å². The molecule has 6 heteroatoms. The molecule has 13 heavy (non-hydrogen) atoms. The summed E-state index contributed by atoms with van der Waals surface area (Å²) in [6.07, 6.45) is 0. The monoisotopic (exact) mass is 201 g/mol. The molecule has 1 rings (SSSR count). The molecule has 1 amide bonds. The zero-order chi connectivity index (χ0) is 9.68. The van der Waals surface area contributed by atoms with Gasteiger partial charge in [0.05, 0.1) is 6.61 Å². The maximum absolute atomic E-state index is 11.3. The third kappa shape index (κ3) is 3.00. The predicted molar refractivity (Wildman–Crippen MR) is 50.7 cm³/mol. The number of hydrogen-bond acceptors (Lipinski definition) is 5. The molecule has 1 aromatic heterocycles. The molecule has 0 unspecified atom stereocenters. The molecule has 0 aromatic carbocycles. The van der Waals surface area contributed by atoms with Gasteiger partial charge in [-0.25, -0.2) is 4.98 Å². The molecule has 0 aliphatic rings. The number of nitrogens with one attached hydrogen (secondary N) is 1. The lowest BCUT2D eigenvalue weighted by atomic mass is 10.4. The fourth-order valence-electron chi connectivity index (χ4n) is 0.749. The summed E-state index contributed by atoms with van der Waals surface area (Å²) in [5.74, 6) is -0.218. The van der Waals surface area contributed by atoms with Crippen LogP contribution in [-0.4, -0.2) is 31.2 Å². The molecule has 0 radical (unpaired) electrons. The molecule has 72 valence electrons. The van der Waals surface area contributed by atoms with E-state index in [0.29, 0.717) is 24.0 Å². The largest absolute Gasteiger partial charge is 0.383 e. The van der Waals surface area contributed by atoms with Crippen molar-refractivity contribution < 1.29 is 9.53 Å². The van der Waals surface area contributed by atoms with Crippen LogP contribution in [0.3, 0.4) is 0 Å². The lowest BCUT2D eigenvalue weighted by Crippen LogP contribution is -2.27. The van der Waals surface area contributed by atoms with Gasteiger partial charge in [0.2, 0.25) is 0 Å². The predicted octanol–water partition coefficient (Wildman–Crippen LogP) is 0.101. The van der Waals surface area contributed by atoms with E-state index >= 15 is 0 Å². The van der Waals surface area contributed by atoms with Crippen LogP contribution in [0.15, 0.2) is 5.38 Å². The molecule has 0 fully saturated rings. The van der Waals surface area contributed by atoms with Crippen LogP contribution in [0.4, 0.5) is 5.13 Å². The Morgan fingerprint density at radius 2 is 2.62 bits per heavy atom. The van der Waals surface area contributed by atoms with Crippen molar-refractivity contribution in [1.82, 2.24) is 10.3 Å². The number of nitrogen functional groups attached to an aromatic ring is 1. The summed E-state index contributed by atoms with van der Waals surface area (Å²) in [5.41, 5.74) is 5.73. The minimum atomic E-state index is -0.218. The Hall–Kier alpha value is -1.14. The molecule has 3 N–H and O–H groups in total. The number of rotatable bonds is 4. The number of thiazole rings is 1. The topological polar surface area (TPSA) is 77.2 Å². The van der Waals surface area contributed by atoms with E-state index in [2.05, 4.69) is 10.3 Å². The second-order valence-electron chi connectivity index (χ2n) is 2.32. The highest BCUT2D eigenvalue weighted by molar-refractivity contribution is 7.13. The van der Waals surface area contributed by atoms with Crippen molar-refractivity contribution in [2.75, 3.05) is 26.0 Å². The molecule has 0 spiro atoms. The number of aromatic nitrogens is 1. The summed E-state index contributed by atoms with van der Waals surface area (Å²) in [4.78, 5) is 15.1. The average Bonchev–Trinajstić information content (AvgIpc) is 2.52. The second kappa shape index (κ2) is 4.78. The van der Waals surface area contributed by atoms with Gasteiger partial charge in [-0.15, -0.1) is 11.3 Å². The van der Waals surface area contributed by atoms with E-state index in [1.165, 1.54) is 11.3 Å². The van der Waals surface area contributed by atoms with E-state index in [1.807, 2.05) is 0 Å². The fourth-order valence-corrected chi connectivity index (χ4v) is 1.29. The number of ether oxygens (including phenoxy) is 1. The second-order valence-corrected chi connectivity index (χ2v) is 3.21. The molecule has 0 bridgehead atoms. The first-order valence-electron chi connectivity index (χ1n) is 3.72. The smallest absolute Gasteiger partial charge is 0.270 e. The van der Waals surface area contributed by atoms with Crippen molar-refractivity contribution in [3.8, 4) is 0 Å². The van der Waals surface area contributed by atoms with Crippen molar-refractivity contribution in [2.24, 2.45) is 0 Å². The van der Waals surface area contributed by atoms with Gasteiger partial charge >= 0.3 is 0 Å². The van der Waals surface area contributed by atoms with Gasteiger partial charge in [0.15, 0.2) is 5.13 Å². The minimum Gasteiger partial charge on any atom is -0.383 e. The Bertz CT molecular complexity index is 287.